The molecule has 1 atom stereocenters. The summed E-state index contributed by atoms with van der Waals surface area (Å²) in [7, 11) is 0. The minimum absolute atomic E-state index is 0.00601. The molecule has 0 aliphatic carbocycles. The molecule has 0 bridgehead atoms. The molecule has 0 N–H and O–H groups in total. The summed E-state index contributed by atoms with van der Waals surface area (Å²) in [6.45, 7) is 2.93. The average Bonchev–Trinajstić information content (AvgIpc) is 2.99. The maximum absolute atomic E-state index is 12.9. The maximum Gasteiger partial charge on any atom is 0.232 e. The van der Waals surface area contributed by atoms with Gasteiger partial charge in [-0.3, -0.25) is 9.59 Å². The van der Waals surface area contributed by atoms with Gasteiger partial charge in [-0.05, 0) is 43.3 Å². The number of nitrogens with zero attached hydrogens (tertiary/aromatic N) is 2. The van der Waals surface area contributed by atoms with Crippen LogP contribution in [0.1, 0.15) is 13.3 Å². The van der Waals surface area contributed by atoms with E-state index in [9.17, 15) is 9.59 Å². The van der Waals surface area contributed by atoms with Gasteiger partial charge in [-0.1, -0.05) is 29.8 Å². The Balaban J connectivity index is 1.77. The van der Waals surface area contributed by atoms with E-state index in [4.69, 9.17) is 11.6 Å². The first kappa shape index (κ1) is 16.5. The van der Waals surface area contributed by atoms with Crippen molar-refractivity contribution >= 4 is 34.8 Å². The van der Waals surface area contributed by atoms with Crippen LogP contribution in [0.3, 0.4) is 0 Å². The van der Waals surface area contributed by atoms with Crippen LogP contribution < -0.4 is 9.80 Å². The zero-order chi connectivity index (χ0) is 17.1. The lowest BCUT2D eigenvalue weighted by Gasteiger charge is -2.24. The lowest BCUT2D eigenvalue weighted by Crippen LogP contribution is -2.37. The van der Waals surface area contributed by atoms with E-state index >= 15 is 0 Å². The van der Waals surface area contributed by atoms with Gasteiger partial charge < -0.3 is 9.80 Å². The number of halogens is 1. The molecule has 1 aliphatic heterocycles. The molecule has 1 heterocycles. The van der Waals surface area contributed by atoms with Crippen LogP contribution in [0.5, 0.6) is 0 Å². The van der Waals surface area contributed by atoms with Crippen molar-refractivity contribution in [2.24, 2.45) is 5.92 Å². The molecular weight excluding hydrogens is 324 g/mol. The molecule has 2 aromatic rings. The average molecular weight is 343 g/mol. The van der Waals surface area contributed by atoms with Crippen LogP contribution >= 0.6 is 11.6 Å². The lowest BCUT2D eigenvalue weighted by atomic mass is 10.1. The third-order valence-corrected chi connectivity index (χ3v) is 4.51. The maximum atomic E-state index is 12.9. The molecule has 1 saturated heterocycles. The summed E-state index contributed by atoms with van der Waals surface area (Å²) in [5.41, 5.74) is 1.64. The topological polar surface area (TPSA) is 40.6 Å². The summed E-state index contributed by atoms with van der Waals surface area (Å²) in [5, 5.41) is 0.624. The van der Waals surface area contributed by atoms with Crippen molar-refractivity contribution < 1.29 is 9.59 Å². The molecule has 1 fully saturated rings. The Kier molecular flexibility index (Phi) is 4.86. The molecule has 2 amide bonds. The quantitative estimate of drug-likeness (QED) is 0.849. The molecule has 4 nitrogen and oxygen atoms in total. The Morgan fingerprint density at radius 2 is 1.83 bits per heavy atom. The van der Waals surface area contributed by atoms with Crippen molar-refractivity contribution in [1.82, 2.24) is 0 Å². The highest BCUT2D eigenvalue weighted by Gasteiger charge is 2.37. The summed E-state index contributed by atoms with van der Waals surface area (Å²) in [5.74, 6) is -0.360. The molecule has 0 saturated carbocycles. The molecule has 1 aliphatic rings. The van der Waals surface area contributed by atoms with E-state index in [1.54, 1.807) is 21.9 Å². The van der Waals surface area contributed by atoms with Crippen LogP contribution in [0.2, 0.25) is 5.02 Å². The molecular formula is C19H19ClN2O2. The van der Waals surface area contributed by atoms with Gasteiger partial charge in [0, 0.05) is 35.9 Å². The number of carbonyl (C=O) groups excluding carboxylic acids is 2. The highest BCUT2D eigenvalue weighted by molar-refractivity contribution is 6.30. The van der Waals surface area contributed by atoms with Gasteiger partial charge in [-0.15, -0.1) is 0 Å². The fraction of sp³-hybridized carbons (Fsp3) is 0.263. The van der Waals surface area contributed by atoms with Gasteiger partial charge in [-0.2, -0.15) is 0 Å². The van der Waals surface area contributed by atoms with Crippen molar-refractivity contribution in [2.75, 3.05) is 22.9 Å². The molecule has 0 aromatic heterocycles. The normalized spacial score (nSPS) is 17.2. The minimum atomic E-state index is -0.326. The summed E-state index contributed by atoms with van der Waals surface area (Å²) < 4.78 is 0. The van der Waals surface area contributed by atoms with Crippen molar-refractivity contribution in [3.05, 3.63) is 59.6 Å². The number of anilines is 2. The molecule has 3 rings (SSSR count). The summed E-state index contributed by atoms with van der Waals surface area (Å²) in [6, 6.07) is 16.7. The minimum Gasteiger partial charge on any atom is -0.312 e. The van der Waals surface area contributed by atoms with Gasteiger partial charge in [-0.25, -0.2) is 0 Å². The Morgan fingerprint density at radius 1 is 1.17 bits per heavy atom. The standard InChI is InChI=1S/C19H19ClN2O2/c1-2-21(16-6-4-3-5-7-16)19(24)14-12-18(23)22(13-14)17-10-8-15(20)9-11-17/h3-11,14H,2,12-13H2,1H3. The second kappa shape index (κ2) is 7.05. The molecule has 124 valence electrons. The Labute approximate surface area is 146 Å². The monoisotopic (exact) mass is 342 g/mol. The van der Waals surface area contributed by atoms with E-state index in [0.29, 0.717) is 18.1 Å². The predicted molar refractivity (Wildman–Crippen MR) is 96.4 cm³/mol. The van der Waals surface area contributed by atoms with Crippen LogP contribution in [-0.2, 0) is 9.59 Å². The van der Waals surface area contributed by atoms with Gasteiger partial charge in [0.25, 0.3) is 0 Å². The van der Waals surface area contributed by atoms with Crippen LogP contribution in [-0.4, -0.2) is 24.9 Å². The summed E-state index contributed by atoms with van der Waals surface area (Å²) in [4.78, 5) is 28.6. The number of carbonyl (C=O) groups is 2. The van der Waals surface area contributed by atoms with E-state index in [-0.39, 0.29) is 24.2 Å². The number of amides is 2. The van der Waals surface area contributed by atoms with E-state index < -0.39 is 0 Å². The van der Waals surface area contributed by atoms with Gasteiger partial charge >= 0.3 is 0 Å². The SMILES string of the molecule is CCN(C(=O)C1CC(=O)N(c2ccc(Cl)cc2)C1)c1ccccc1. The number of hydrogen-bond donors (Lipinski definition) is 0. The Hall–Kier alpha value is -2.33. The van der Waals surface area contributed by atoms with Crippen molar-refractivity contribution in [3.8, 4) is 0 Å². The van der Waals surface area contributed by atoms with E-state index in [1.165, 1.54) is 0 Å². The second-order valence-electron chi connectivity index (χ2n) is 5.80. The fourth-order valence-electron chi connectivity index (χ4n) is 3.04. The molecule has 5 heteroatoms. The van der Waals surface area contributed by atoms with Crippen LogP contribution in [0.15, 0.2) is 54.6 Å². The molecule has 2 aromatic carbocycles. The van der Waals surface area contributed by atoms with Crippen molar-refractivity contribution in [1.29, 1.82) is 0 Å². The van der Waals surface area contributed by atoms with E-state index in [1.807, 2.05) is 49.4 Å². The Bertz CT molecular complexity index is 731. The third-order valence-electron chi connectivity index (χ3n) is 4.26. The van der Waals surface area contributed by atoms with Crippen LogP contribution in [0.4, 0.5) is 11.4 Å². The number of benzene rings is 2. The van der Waals surface area contributed by atoms with Crippen molar-refractivity contribution in [2.45, 2.75) is 13.3 Å². The highest BCUT2D eigenvalue weighted by atomic mass is 35.5. The van der Waals surface area contributed by atoms with Crippen LogP contribution in [0.25, 0.3) is 0 Å². The van der Waals surface area contributed by atoms with Crippen LogP contribution in [0, 0.1) is 5.92 Å². The zero-order valence-corrected chi connectivity index (χ0v) is 14.2. The van der Waals surface area contributed by atoms with Crippen molar-refractivity contribution in [3.63, 3.8) is 0 Å². The van der Waals surface area contributed by atoms with E-state index in [0.717, 1.165) is 11.4 Å². The largest absolute Gasteiger partial charge is 0.312 e. The predicted octanol–water partition coefficient (Wildman–Crippen LogP) is 3.75. The van der Waals surface area contributed by atoms with Gasteiger partial charge in [0.1, 0.15) is 0 Å². The smallest absolute Gasteiger partial charge is 0.232 e. The van der Waals surface area contributed by atoms with Gasteiger partial charge in [0.2, 0.25) is 11.8 Å². The fourth-order valence-corrected chi connectivity index (χ4v) is 3.16. The number of rotatable bonds is 4. The summed E-state index contributed by atoms with van der Waals surface area (Å²) in [6.07, 6.45) is 0.241. The first-order valence-corrected chi connectivity index (χ1v) is 8.40. The molecule has 1 unspecified atom stereocenters. The Morgan fingerprint density at radius 3 is 2.46 bits per heavy atom. The number of para-hydroxylation sites is 1. The number of hydrogen-bond acceptors (Lipinski definition) is 2. The molecule has 24 heavy (non-hydrogen) atoms. The first-order valence-electron chi connectivity index (χ1n) is 8.02. The lowest BCUT2D eigenvalue weighted by molar-refractivity contribution is -0.124. The highest BCUT2D eigenvalue weighted by Crippen LogP contribution is 2.28. The third kappa shape index (κ3) is 3.29. The summed E-state index contributed by atoms with van der Waals surface area (Å²) >= 11 is 5.90. The zero-order valence-electron chi connectivity index (χ0n) is 13.5. The molecule has 0 radical (unpaired) electrons. The second-order valence-corrected chi connectivity index (χ2v) is 6.24. The van der Waals surface area contributed by atoms with Gasteiger partial charge in [0.05, 0.1) is 5.92 Å². The molecule has 0 spiro atoms. The first-order chi connectivity index (χ1) is 11.6. The van der Waals surface area contributed by atoms with Gasteiger partial charge in [0.15, 0.2) is 0 Å². The van der Waals surface area contributed by atoms with E-state index in [2.05, 4.69) is 0 Å².